The van der Waals surface area contributed by atoms with E-state index in [0.29, 0.717) is 30.2 Å². The summed E-state index contributed by atoms with van der Waals surface area (Å²) < 4.78 is 11.5. The standard InChI is InChI=1S/C23H25BrN2O4/c1-29-20-9-6-17(15-21(20)30-2)23(28)26-13-11-19(12-14-26)25-22(27)10-5-16-3-7-18(24)8-4-16/h3-10,15,19H,11-14H2,1-2H3,(H,25,27)/b10-5+. The summed E-state index contributed by atoms with van der Waals surface area (Å²) in [6, 6.07) is 13.0. The predicted molar refractivity (Wildman–Crippen MR) is 120 cm³/mol. The van der Waals surface area contributed by atoms with Crippen LogP contribution in [0.1, 0.15) is 28.8 Å². The van der Waals surface area contributed by atoms with Gasteiger partial charge in [0.15, 0.2) is 11.5 Å². The van der Waals surface area contributed by atoms with Gasteiger partial charge in [-0.05, 0) is 54.8 Å². The Balaban J connectivity index is 1.51. The highest BCUT2D eigenvalue weighted by Crippen LogP contribution is 2.28. The molecule has 1 fully saturated rings. The molecule has 6 nitrogen and oxygen atoms in total. The van der Waals surface area contributed by atoms with Gasteiger partial charge in [0.2, 0.25) is 5.91 Å². The summed E-state index contributed by atoms with van der Waals surface area (Å²) in [6.07, 6.45) is 4.77. The van der Waals surface area contributed by atoms with Gasteiger partial charge >= 0.3 is 0 Å². The summed E-state index contributed by atoms with van der Waals surface area (Å²) in [7, 11) is 3.11. The highest BCUT2D eigenvalue weighted by Gasteiger charge is 2.25. The molecule has 30 heavy (non-hydrogen) atoms. The molecule has 0 aliphatic carbocycles. The van der Waals surface area contributed by atoms with E-state index in [2.05, 4.69) is 21.2 Å². The zero-order valence-corrected chi connectivity index (χ0v) is 18.6. The third-order valence-electron chi connectivity index (χ3n) is 5.06. The molecule has 1 N–H and O–H groups in total. The number of ether oxygens (including phenoxy) is 2. The number of halogens is 1. The summed E-state index contributed by atoms with van der Waals surface area (Å²) in [5.74, 6) is 0.952. The quantitative estimate of drug-likeness (QED) is 0.647. The number of benzene rings is 2. The lowest BCUT2D eigenvalue weighted by Gasteiger charge is -2.32. The van der Waals surface area contributed by atoms with Crippen LogP contribution in [-0.2, 0) is 4.79 Å². The van der Waals surface area contributed by atoms with Crippen LogP contribution in [0.3, 0.4) is 0 Å². The number of piperidine rings is 1. The molecule has 7 heteroatoms. The smallest absolute Gasteiger partial charge is 0.253 e. The van der Waals surface area contributed by atoms with Gasteiger partial charge in [-0.3, -0.25) is 9.59 Å². The van der Waals surface area contributed by atoms with E-state index in [0.717, 1.165) is 22.9 Å². The summed E-state index contributed by atoms with van der Waals surface area (Å²) >= 11 is 3.39. The number of amides is 2. The van der Waals surface area contributed by atoms with Crippen LogP contribution in [0.15, 0.2) is 53.0 Å². The molecule has 158 valence electrons. The first-order valence-electron chi connectivity index (χ1n) is 9.75. The van der Waals surface area contributed by atoms with Crippen molar-refractivity contribution in [1.29, 1.82) is 0 Å². The van der Waals surface area contributed by atoms with Crippen LogP contribution in [-0.4, -0.2) is 50.1 Å². The number of nitrogens with one attached hydrogen (secondary N) is 1. The third-order valence-corrected chi connectivity index (χ3v) is 5.58. The molecular formula is C23H25BrN2O4. The number of carbonyl (C=O) groups excluding carboxylic acids is 2. The molecule has 0 spiro atoms. The van der Waals surface area contributed by atoms with Crippen LogP contribution in [0.5, 0.6) is 11.5 Å². The van der Waals surface area contributed by atoms with E-state index in [1.807, 2.05) is 29.2 Å². The van der Waals surface area contributed by atoms with E-state index < -0.39 is 0 Å². The number of carbonyl (C=O) groups is 2. The first-order chi connectivity index (χ1) is 14.5. The summed E-state index contributed by atoms with van der Waals surface area (Å²) in [5.41, 5.74) is 1.52. The van der Waals surface area contributed by atoms with Gasteiger partial charge in [0.1, 0.15) is 0 Å². The van der Waals surface area contributed by atoms with Gasteiger partial charge in [0.05, 0.1) is 14.2 Å². The van der Waals surface area contributed by atoms with Crippen LogP contribution in [0.4, 0.5) is 0 Å². The fourth-order valence-corrected chi connectivity index (χ4v) is 3.64. The Morgan fingerprint density at radius 1 is 1.03 bits per heavy atom. The van der Waals surface area contributed by atoms with Gasteiger partial charge in [0, 0.05) is 35.2 Å². The van der Waals surface area contributed by atoms with Crippen LogP contribution in [0.2, 0.25) is 0 Å². The minimum atomic E-state index is -0.123. The molecule has 1 heterocycles. The van der Waals surface area contributed by atoms with Crippen molar-refractivity contribution in [2.75, 3.05) is 27.3 Å². The van der Waals surface area contributed by atoms with Gasteiger partial charge in [-0.1, -0.05) is 28.1 Å². The van der Waals surface area contributed by atoms with E-state index in [4.69, 9.17) is 9.47 Å². The molecule has 3 rings (SSSR count). The van der Waals surface area contributed by atoms with E-state index in [9.17, 15) is 9.59 Å². The molecule has 1 aliphatic heterocycles. The van der Waals surface area contributed by atoms with Crippen molar-refractivity contribution in [3.05, 3.63) is 64.1 Å². The average molecular weight is 473 g/mol. The Labute approximate surface area is 185 Å². The van der Waals surface area contributed by atoms with Crippen LogP contribution in [0.25, 0.3) is 6.08 Å². The minimum absolute atomic E-state index is 0.0455. The van der Waals surface area contributed by atoms with Crippen molar-refractivity contribution in [2.45, 2.75) is 18.9 Å². The normalized spacial score (nSPS) is 14.6. The summed E-state index contributed by atoms with van der Waals surface area (Å²) in [4.78, 5) is 26.8. The maximum Gasteiger partial charge on any atom is 0.253 e. The van der Waals surface area contributed by atoms with Crippen molar-refractivity contribution in [2.24, 2.45) is 0 Å². The lowest BCUT2D eigenvalue weighted by molar-refractivity contribution is -0.117. The van der Waals surface area contributed by atoms with E-state index in [1.165, 1.54) is 0 Å². The zero-order valence-electron chi connectivity index (χ0n) is 17.1. The third kappa shape index (κ3) is 5.63. The minimum Gasteiger partial charge on any atom is -0.493 e. The topological polar surface area (TPSA) is 67.9 Å². The molecule has 0 saturated carbocycles. The summed E-state index contributed by atoms with van der Waals surface area (Å²) in [5, 5.41) is 3.02. The summed E-state index contributed by atoms with van der Waals surface area (Å²) in [6.45, 7) is 1.18. The maximum atomic E-state index is 12.8. The lowest BCUT2D eigenvalue weighted by Crippen LogP contribution is -2.46. The van der Waals surface area contributed by atoms with Gasteiger partial charge in [0.25, 0.3) is 5.91 Å². The second-order valence-corrected chi connectivity index (χ2v) is 7.95. The van der Waals surface area contributed by atoms with Crippen molar-refractivity contribution in [3.63, 3.8) is 0 Å². The Morgan fingerprint density at radius 2 is 1.70 bits per heavy atom. The first kappa shape index (κ1) is 21.9. The van der Waals surface area contributed by atoms with Crippen molar-refractivity contribution >= 4 is 33.8 Å². The number of hydrogen-bond donors (Lipinski definition) is 1. The van der Waals surface area contributed by atoms with Crippen LogP contribution in [0, 0.1) is 0 Å². The number of hydrogen-bond acceptors (Lipinski definition) is 4. The van der Waals surface area contributed by atoms with Crippen molar-refractivity contribution < 1.29 is 19.1 Å². The van der Waals surface area contributed by atoms with E-state index in [-0.39, 0.29) is 17.9 Å². The highest BCUT2D eigenvalue weighted by molar-refractivity contribution is 9.10. The molecule has 0 bridgehead atoms. The Kier molecular flexibility index (Phi) is 7.52. The molecule has 0 radical (unpaired) electrons. The molecule has 2 amide bonds. The number of methoxy groups -OCH3 is 2. The second kappa shape index (κ2) is 10.3. The number of likely N-dealkylation sites (tertiary alicyclic amines) is 1. The Bertz CT molecular complexity index is 919. The van der Waals surface area contributed by atoms with Crippen LogP contribution >= 0.6 is 15.9 Å². The van der Waals surface area contributed by atoms with Crippen molar-refractivity contribution in [3.8, 4) is 11.5 Å². The molecule has 0 atom stereocenters. The average Bonchev–Trinajstić information content (AvgIpc) is 2.78. The molecule has 1 aliphatic rings. The molecule has 1 saturated heterocycles. The SMILES string of the molecule is COc1ccc(C(=O)N2CCC(NC(=O)/C=C/c3ccc(Br)cc3)CC2)cc1OC. The molecule has 2 aromatic rings. The van der Waals surface area contributed by atoms with Crippen LogP contribution < -0.4 is 14.8 Å². The molecule has 2 aromatic carbocycles. The lowest BCUT2D eigenvalue weighted by atomic mass is 10.0. The molecule has 0 aromatic heterocycles. The van der Waals surface area contributed by atoms with Gasteiger partial charge in [-0.15, -0.1) is 0 Å². The van der Waals surface area contributed by atoms with E-state index in [1.54, 1.807) is 44.6 Å². The van der Waals surface area contributed by atoms with Gasteiger partial charge in [-0.2, -0.15) is 0 Å². The Morgan fingerprint density at radius 3 is 2.33 bits per heavy atom. The zero-order chi connectivity index (χ0) is 21.5. The first-order valence-corrected chi connectivity index (χ1v) is 10.5. The van der Waals surface area contributed by atoms with Gasteiger partial charge in [-0.25, -0.2) is 0 Å². The number of rotatable bonds is 6. The number of nitrogens with zero attached hydrogens (tertiary/aromatic N) is 1. The molecular weight excluding hydrogens is 448 g/mol. The highest BCUT2D eigenvalue weighted by atomic mass is 79.9. The Hall–Kier alpha value is -2.80. The maximum absolute atomic E-state index is 12.8. The van der Waals surface area contributed by atoms with E-state index >= 15 is 0 Å². The fraction of sp³-hybridized carbons (Fsp3) is 0.304. The largest absolute Gasteiger partial charge is 0.493 e. The van der Waals surface area contributed by atoms with Gasteiger partial charge < -0.3 is 19.7 Å². The molecule has 0 unspecified atom stereocenters. The fourth-order valence-electron chi connectivity index (χ4n) is 3.37. The monoisotopic (exact) mass is 472 g/mol. The predicted octanol–water partition coefficient (Wildman–Crippen LogP) is 3.90. The second-order valence-electron chi connectivity index (χ2n) is 7.03. The van der Waals surface area contributed by atoms with Crippen molar-refractivity contribution in [1.82, 2.24) is 10.2 Å².